The van der Waals surface area contributed by atoms with Crippen molar-refractivity contribution in [3.05, 3.63) is 23.8 Å². The second kappa shape index (κ2) is 6.49. The van der Waals surface area contributed by atoms with E-state index < -0.39 is 0 Å². The van der Waals surface area contributed by atoms with Crippen LogP contribution in [0.5, 0.6) is 11.5 Å². The average Bonchev–Trinajstić information content (AvgIpc) is 2.45. The average molecular weight is 277 g/mol. The molecule has 0 amide bonds. The quantitative estimate of drug-likeness (QED) is 0.889. The maximum Gasteiger partial charge on any atom is 0.161 e. The lowest BCUT2D eigenvalue weighted by molar-refractivity contribution is 0.245. The molecule has 1 saturated carbocycles. The van der Waals surface area contributed by atoms with Crippen molar-refractivity contribution < 1.29 is 9.47 Å². The van der Waals surface area contributed by atoms with E-state index >= 15 is 0 Å². The van der Waals surface area contributed by atoms with Gasteiger partial charge in [0.15, 0.2) is 11.5 Å². The monoisotopic (exact) mass is 277 g/mol. The Balaban J connectivity index is 2.25. The predicted molar refractivity (Wildman–Crippen MR) is 82.3 cm³/mol. The Bertz CT molecular complexity index is 437. The summed E-state index contributed by atoms with van der Waals surface area (Å²) in [5.74, 6) is 2.42. The molecule has 2 N–H and O–H groups in total. The fraction of sp³-hybridized carbons (Fsp3) is 0.647. The molecule has 112 valence electrons. The molecule has 1 aliphatic carbocycles. The third-order valence-electron chi connectivity index (χ3n) is 4.28. The first kappa shape index (κ1) is 15.2. The number of hydrogen-bond donors (Lipinski definition) is 1. The van der Waals surface area contributed by atoms with E-state index in [4.69, 9.17) is 15.2 Å². The van der Waals surface area contributed by atoms with Gasteiger partial charge in [-0.1, -0.05) is 13.0 Å². The minimum absolute atomic E-state index is 0.205. The highest BCUT2D eigenvalue weighted by Crippen LogP contribution is 2.40. The summed E-state index contributed by atoms with van der Waals surface area (Å²) in [6, 6.07) is 6.17. The zero-order chi connectivity index (χ0) is 14.6. The molecule has 2 rings (SSSR count). The Morgan fingerprint density at radius 1 is 1.10 bits per heavy atom. The lowest BCUT2D eigenvalue weighted by Gasteiger charge is -2.37. The maximum atomic E-state index is 6.64. The zero-order valence-electron chi connectivity index (χ0n) is 12.9. The molecule has 0 heterocycles. The Morgan fingerprint density at radius 2 is 1.70 bits per heavy atom. The molecule has 1 aromatic carbocycles. The number of ether oxygens (including phenoxy) is 2. The minimum atomic E-state index is -0.205. The summed E-state index contributed by atoms with van der Waals surface area (Å²) in [6.07, 6.45) is 4.50. The van der Waals surface area contributed by atoms with E-state index in [2.05, 4.69) is 19.1 Å². The van der Waals surface area contributed by atoms with Crippen LogP contribution in [0.4, 0.5) is 0 Å². The second-order valence-electron chi connectivity index (χ2n) is 5.87. The third-order valence-corrected chi connectivity index (χ3v) is 4.28. The highest BCUT2D eigenvalue weighted by Gasteiger charge is 2.32. The Morgan fingerprint density at radius 3 is 2.30 bits per heavy atom. The summed E-state index contributed by atoms with van der Waals surface area (Å²) >= 11 is 0. The predicted octanol–water partition coefficient (Wildman–Crippen LogP) is 3.85. The van der Waals surface area contributed by atoms with Gasteiger partial charge < -0.3 is 15.2 Å². The van der Waals surface area contributed by atoms with E-state index in [9.17, 15) is 0 Å². The van der Waals surface area contributed by atoms with Crippen LogP contribution in [0.2, 0.25) is 0 Å². The molecule has 1 fully saturated rings. The summed E-state index contributed by atoms with van der Waals surface area (Å²) in [5.41, 5.74) is 7.61. The third kappa shape index (κ3) is 3.26. The van der Waals surface area contributed by atoms with E-state index in [0.29, 0.717) is 13.2 Å². The van der Waals surface area contributed by atoms with Crippen molar-refractivity contribution in [2.45, 2.75) is 52.0 Å². The van der Waals surface area contributed by atoms with E-state index in [1.807, 2.05) is 19.9 Å². The lowest BCUT2D eigenvalue weighted by atomic mass is 9.74. The smallest absolute Gasteiger partial charge is 0.161 e. The van der Waals surface area contributed by atoms with Crippen LogP contribution < -0.4 is 15.2 Å². The molecule has 0 spiro atoms. The fourth-order valence-electron chi connectivity index (χ4n) is 2.93. The van der Waals surface area contributed by atoms with E-state index in [1.54, 1.807) is 0 Å². The summed E-state index contributed by atoms with van der Waals surface area (Å²) in [5, 5.41) is 0. The first-order valence-electron chi connectivity index (χ1n) is 7.78. The van der Waals surface area contributed by atoms with Crippen LogP contribution in [0.1, 0.15) is 52.0 Å². The number of nitrogens with two attached hydrogens (primary N) is 1. The molecule has 3 nitrogen and oxygen atoms in total. The molecule has 0 radical (unpaired) electrons. The Labute approximate surface area is 122 Å². The zero-order valence-corrected chi connectivity index (χ0v) is 12.9. The Hall–Kier alpha value is -1.22. The van der Waals surface area contributed by atoms with Crippen LogP contribution in [0, 0.1) is 5.92 Å². The number of rotatable bonds is 5. The fourth-order valence-corrected chi connectivity index (χ4v) is 2.93. The highest BCUT2D eigenvalue weighted by atomic mass is 16.5. The normalized spacial score (nSPS) is 26.3. The lowest BCUT2D eigenvalue weighted by Crippen LogP contribution is -2.40. The van der Waals surface area contributed by atoms with Gasteiger partial charge in [0, 0.05) is 5.54 Å². The summed E-state index contributed by atoms with van der Waals surface area (Å²) < 4.78 is 11.3. The van der Waals surface area contributed by atoms with Crippen LogP contribution in [0.3, 0.4) is 0 Å². The molecule has 0 bridgehead atoms. The van der Waals surface area contributed by atoms with Gasteiger partial charge in [-0.05, 0) is 63.1 Å². The minimum Gasteiger partial charge on any atom is -0.490 e. The molecule has 3 heteroatoms. The summed E-state index contributed by atoms with van der Waals surface area (Å²) in [7, 11) is 0. The second-order valence-corrected chi connectivity index (χ2v) is 5.87. The molecule has 0 saturated heterocycles. The van der Waals surface area contributed by atoms with E-state index in [-0.39, 0.29) is 5.54 Å². The first-order chi connectivity index (χ1) is 9.59. The molecule has 20 heavy (non-hydrogen) atoms. The topological polar surface area (TPSA) is 44.5 Å². The van der Waals surface area contributed by atoms with Crippen LogP contribution in [-0.2, 0) is 5.54 Å². The van der Waals surface area contributed by atoms with Crippen molar-refractivity contribution >= 4 is 0 Å². The van der Waals surface area contributed by atoms with E-state index in [0.717, 1.165) is 30.3 Å². The van der Waals surface area contributed by atoms with Gasteiger partial charge in [0.25, 0.3) is 0 Å². The molecule has 0 aliphatic heterocycles. The Kier molecular flexibility index (Phi) is 4.92. The maximum absolute atomic E-state index is 6.64. The van der Waals surface area contributed by atoms with Gasteiger partial charge in [0.1, 0.15) is 0 Å². The van der Waals surface area contributed by atoms with Gasteiger partial charge in [-0.2, -0.15) is 0 Å². The van der Waals surface area contributed by atoms with Crippen LogP contribution in [-0.4, -0.2) is 13.2 Å². The van der Waals surface area contributed by atoms with Crippen molar-refractivity contribution in [2.24, 2.45) is 11.7 Å². The molecule has 0 unspecified atom stereocenters. The molecular formula is C17H27NO2. The molecule has 0 aromatic heterocycles. The van der Waals surface area contributed by atoms with Gasteiger partial charge in [0.05, 0.1) is 13.2 Å². The van der Waals surface area contributed by atoms with Gasteiger partial charge in [-0.15, -0.1) is 0 Å². The number of benzene rings is 1. The van der Waals surface area contributed by atoms with Gasteiger partial charge in [-0.3, -0.25) is 0 Å². The highest BCUT2D eigenvalue weighted by molar-refractivity contribution is 5.45. The molecule has 1 aromatic rings. The standard InChI is InChI=1S/C17H27NO2/c1-4-19-15-7-6-14(12-16(15)20-5-2)17(18)10-8-13(3)9-11-17/h6-7,12-13H,4-5,8-11,18H2,1-3H3. The SMILES string of the molecule is CCOc1ccc(C2(N)CCC(C)CC2)cc1OCC. The first-order valence-corrected chi connectivity index (χ1v) is 7.78. The molecular weight excluding hydrogens is 250 g/mol. The van der Waals surface area contributed by atoms with Crippen LogP contribution >= 0.6 is 0 Å². The van der Waals surface area contributed by atoms with Gasteiger partial charge >= 0.3 is 0 Å². The van der Waals surface area contributed by atoms with Crippen LogP contribution in [0.15, 0.2) is 18.2 Å². The van der Waals surface area contributed by atoms with Crippen molar-refractivity contribution in [2.75, 3.05) is 13.2 Å². The van der Waals surface area contributed by atoms with E-state index in [1.165, 1.54) is 18.4 Å². The summed E-state index contributed by atoms with van der Waals surface area (Å²) in [6.45, 7) is 7.56. The van der Waals surface area contributed by atoms with Gasteiger partial charge in [-0.25, -0.2) is 0 Å². The molecule has 0 atom stereocenters. The van der Waals surface area contributed by atoms with Gasteiger partial charge in [0.2, 0.25) is 0 Å². The van der Waals surface area contributed by atoms with Crippen molar-refractivity contribution in [3.63, 3.8) is 0 Å². The van der Waals surface area contributed by atoms with Crippen molar-refractivity contribution in [1.82, 2.24) is 0 Å². The van der Waals surface area contributed by atoms with Crippen LogP contribution in [0.25, 0.3) is 0 Å². The summed E-state index contributed by atoms with van der Waals surface area (Å²) in [4.78, 5) is 0. The largest absolute Gasteiger partial charge is 0.490 e. The van der Waals surface area contributed by atoms with Crippen molar-refractivity contribution in [3.8, 4) is 11.5 Å². The molecule has 1 aliphatic rings. The van der Waals surface area contributed by atoms with Crippen molar-refractivity contribution in [1.29, 1.82) is 0 Å². The number of hydrogen-bond acceptors (Lipinski definition) is 3.